The fourth-order valence-electron chi connectivity index (χ4n) is 1.43. The predicted octanol–water partition coefficient (Wildman–Crippen LogP) is 2.58. The first-order valence-corrected chi connectivity index (χ1v) is 4.22. The van der Waals surface area contributed by atoms with Gasteiger partial charge in [-0.3, -0.25) is 9.78 Å². The molecule has 2 aromatic rings. The lowest BCUT2D eigenvalue weighted by Crippen LogP contribution is -1.94. The Kier molecular flexibility index (Phi) is 2.00. The maximum atomic E-state index is 12.9. The minimum Gasteiger partial charge on any atom is -0.294 e. The van der Waals surface area contributed by atoms with Gasteiger partial charge < -0.3 is 0 Å². The van der Waals surface area contributed by atoms with Crippen molar-refractivity contribution in [1.29, 1.82) is 0 Å². The number of fused-ring (bicyclic) bond motifs is 1. The highest BCUT2D eigenvalue weighted by Gasteiger charge is 2.05. The molecule has 0 atom stereocenters. The van der Waals surface area contributed by atoms with Gasteiger partial charge in [0.05, 0.1) is 0 Å². The lowest BCUT2D eigenvalue weighted by Gasteiger charge is -2.01. The van der Waals surface area contributed by atoms with Gasteiger partial charge in [-0.15, -0.1) is 0 Å². The third-order valence-electron chi connectivity index (χ3n) is 2.10. The maximum Gasteiger partial charge on any atom is 0.161 e. The lowest BCUT2D eigenvalue weighted by molar-refractivity contribution is 0.101. The van der Waals surface area contributed by atoms with Crippen molar-refractivity contribution in [3.63, 3.8) is 0 Å². The number of benzene rings is 1. The zero-order valence-corrected chi connectivity index (χ0v) is 7.62. The summed E-state index contributed by atoms with van der Waals surface area (Å²) in [6.07, 6.45) is 3.05. The van der Waals surface area contributed by atoms with Gasteiger partial charge in [0.15, 0.2) is 5.78 Å². The van der Waals surface area contributed by atoms with Gasteiger partial charge in [-0.1, -0.05) is 6.07 Å². The summed E-state index contributed by atoms with van der Waals surface area (Å²) >= 11 is 0. The van der Waals surface area contributed by atoms with Crippen molar-refractivity contribution in [2.45, 2.75) is 6.92 Å². The van der Waals surface area contributed by atoms with Crippen LogP contribution in [0.15, 0.2) is 30.6 Å². The number of carbonyl (C=O) groups is 1. The molecule has 1 aromatic heterocycles. The number of rotatable bonds is 1. The van der Waals surface area contributed by atoms with E-state index in [0.717, 1.165) is 5.39 Å². The lowest BCUT2D eigenvalue weighted by atomic mass is 10.1. The first-order chi connectivity index (χ1) is 6.68. The van der Waals surface area contributed by atoms with Crippen molar-refractivity contribution in [3.8, 4) is 0 Å². The van der Waals surface area contributed by atoms with Gasteiger partial charge in [0, 0.05) is 23.3 Å². The Labute approximate surface area is 80.4 Å². The highest BCUT2D eigenvalue weighted by atomic mass is 19.1. The summed E-state index contributed by atoms with van der Waals surface area (Å²) in [5.74, 6) is -0.380. The van der Waals surface area contributed by atoms with E-state index in [2.05, 4.69) is 4.98 Å². The number of aromatic nitrogens is 1. The van der Waals surface area contributed by atoms with Gasteiger partial charge in [-0.05, 0) is 24.4 Å². The molecule has 0 saturated carbocycles. The Balaban J connectivity index is 2.81. The van der Waals surface area contributed by atoms with Gasteiger partial charge in [0.25, 0.3) is 0 Å². The molecule has 0 aliphatic heterocycles. The van der Waals surface area contributed by atoms with Crippen LogP contribution in [0.25, 0.3) is 10.8 Å². The maximum absolute atomic E-state index is 12.9. The molecule has 0 saturated heterocycles. The Morgan fingerprint density at radius 3 is 2.86 bits per heavy atom. The average molecular weight is 189 g/mol. The van der Waals surface area contributed by atoms with E-state index >= 15 is 0 Å². The molecular formula is C11H8FNO. The monoisotopic (exact) mass is 189 g/mol. The van der Waals surface area contributed by atoms with Crippen LogP contribution in [0.3, 0.4) is 0 Å². The molecule has 0 radical (unpaired) electrons. The summed E-state index contributed by atoms with van der Waals surface area (Å²) in [6.45, 7) is 1.47. The molecular weight excluding hydrogens is 181 g/mol. The average Bonchev–Trinajstić information content (AvgIpc) is 2.16. The normalized spacial score (nSPS) is 10.4. The number of pyridine rings is 1. The number of nitrogens with zero attached hydrogens (tertiary/aromatic N) is 1. The highest BCUT2D eigenvalue weighted by molar-refractivity contribution is 6.06. The molecule has 14 heavy (non-hydrogen) atoms. The van der Waals surface area contributed by atoms with E-state index in [1.807, 2.05) is 0 Å². The molecule has 0 spiro atoms. The van der Waals surface area contributed by atoms with Crippen LogP contribution >= 0.6 is 0 Å². The minimum absolute atomic E-state index is 0.0605. The first-order valence-electron chi connectivity index (χ1n) is 4.22. The molecule has 1 heterocycles. The highest BCUT2D eigenvalue weighted by Crippen LogP contribution is 2.18. The van der Waals surface area contributed by atoms with Crippen molar-refractivity contribution in [2.75, 3.05) is 0 Å². The topological polar surface area (TPSA) is 30.0 Å². The zero-order chi connectivity index (χ0) is 10.1. The largest absolute Gasteiger partial charge is 0.294 e. The predicted molar refractivity (Wildman–Crippen MR) is 51.7 cm³/mol. The van der Waals surface area contributed by atoms with Crippen LogP contribution in [0.5, 0.6) is 0 Å². The van der Waals surface area contributed by atoms with Crippen LogP contribution in [-0.4, -0.2) is 10.8 Å². The van der Waals surface area contributed by atoms with E-state index in [-0.39, 0.29) is 11.6 Å². The van der Waals surface area contributed by atoms with E-state index in [1.165, 1.54) is 25.3 Å². The second-order valence-electron chi connectivity index (χ2n) is 3.11. The van der Waals surface area contributed by atoms with Crippen LogP contribution in [0, 0.1) is 5.82 Å². The molecule has 1 aromatic carbocycles. The number of Topliss-reactive ketones (excluding diaryl/α,β-unsaturated/α-hetero) is 1. The Morgan fingerprint density at radius 1 is 1.36 bits per heavy atom. The molecule has 0 N–H and O–H groups in total. The van der Waals surface area contributed by atoms with Crippen LogP contribution in [0.2, 0.25) is 0 Å². The van der Waals surface area contributed by atoms with E-state index in [4.69, 9.17) is 0 Å². The van der Waals surface area contributed by atoms with Crippen molar-refractivity contribution in [3.05, 3.63) is 42.0 Å². The summed E-state index contributed by atoms with van der Waals surface area (Å²) in [5.41, 5.74) is 0.530. The van der Waals surface area contributed by atoms with Gasteiger partial charge >= 0.3 is 0 Å². The van der Waals surface area contributed by atoms with Gasteiger partial charge in [0.1, 0.15) is 5.82 Å². The molecule has 70 valence electrons. The van der Waals surface area contributed by atoms with Gasteiger partial charge in [0.2, 0.25) is 0 Å². The minimum atomic E-state index is -0.319. The van der Waals surface area contributed by atoms with Gasteiger partial charge in [-0.2, -0.15) is 0 Å². The second kappa shape index (κ2) is 3.18. The summed E-state index contributed by atoms with van der Waals surface area (Å²) < 4.78 is 12.9. The Hall–Kier alpha value is -1.77. The van der Waals surface area contributed by atoms with E-state index in [0.29, 0.717) is 10.9 Å². The SMILES string of the molecule is CC(=O)c1cncc2cc(F)ccc12. The molecule has 3 heteroatoms. The third-order valence-corrected chi connectivity index (χ3v) is 2.10. The molecule has 2 rings (SSSR count). The number of ketones is 1. The summed E-state index contributed by atoms with van der Waals surface area (Å²) in [7, 11) is 0. The second-order valence-corrected chi connectivity index (χ2v) is 3.11. The van der Waals surface area contributed by atoms with E-state index in [9.17, 15) is 9.18 Å². The Bertz CT molecular complexity index is 508. The van der Waals surface area contributed by atoms with Crippen LogP contribution < -0.4 is 0 Å². The molecule has 0 amide bonds. The summed E-state index contributed by atoms with van der Waals surface area (Å²) in [6, 6.07) is 4.31. The van der Waals surface area contributed by atoms with Crippen molar-refractivity contribution in [1.82, 2.24) is 4.98 Å². The zero-order valence-electron chi connectivity index (χ0n) is 7.62. The number of carbonyl (C=O) groups excluding carboxylic acids is 1. The molecule has 0 bridgehead atoms. The third kappa shape index (κ3) is 1.37. The molecule has 0 unspecified atom stereocenters. The standard InChI is InChI=1S/C11H8FNO/c1-7(14)11-6-13-5-8-4-9(12)2-3-10(8)11/h2-6H,1H3. The smallest absolute Gasteiger partial charge is 0.161 e. The number of halogens is 1. The fourth-order valence-corrected chi connectivity index (χ4v) is 1.43. The number of hydrogen-bond acceptors (Lipinski definition) is 2. The molecule has 2 nitrogen and oxygen atoms in total. The van der Waals surface area contributed by atoms with E-state index < -0.39 is 0 Å². The van der Waals surface area contributed by atoms with E-state index in [1.54, 1.807) is 12.3 Å². The van der Waals surface area contributed by atoms with Crippen molar-refractivity contribution < 1.29 is 9.18 Å². The summed E-state index contributed by atoms with van der Waals surface area (Å²) in [4.78, 5) is 15.1. The molecule has 0 fully saturated rings. The first kappa shape index (κ1) is 8.81. The molecule has 0 aliphatic carbocycles. The van der Waals surface area contributed by atoms with Crippen LogP contribution in [0.1, 0.15) is 17.3 Å². The summed E-state index contributed by atoms with van der Waals surface area (Å²) in [5, 5.41) is 1.40. The van der Waals surface area contributed by atoms with Crippen molar-refractivity contribution in [2.24, 2.45) is 0 Å². The van der Waals surface area contributed by atoms with Crippen LogP contribution in [-0.2, 0) is 0 Å². The molecule has 0 aliphatic rings. The Morgan fingerprint density at radius 2 is 2.14 bits per heavy atom. The van der Waals surface area contributed by atoms with Gasteiger partial charge in [-0.25, -0.2) is 4.39 Å². The van der Waals surface area contributed by atoms with Crippen LogP contribution in [0.4, 0.5) is 4.39 Å². The fraction of sp³-hybridized carbons (Fsp3) is 0.0909. The number of hydrogen-bond donors (Lipinski definition) is 0. The quantitative estimate of drug-likeness (QED) is 0.645. The van der Waals surface area contributed by atoms with Crippen molar-refractivity contribution >= 4 is 16.6 Å².